The third-order valence-corrected chi connectivity index (χ3v) is 5.80. The van der Waals surface area contributed by atoms with Gasteiger partial charge in [0, 0.05) is 17.0 Å². The van der Waals surface area contributed by atoms with Crippen molar-refractivity contribution in [1.29, 1.82) is 0 Å². The van der Waals surface area contributed by atoms with Crippen molar-refractivity contribution in [3.63, 3.8) is 0 Å². The van der Waals surface area contributed by atoms with E-state index >= 15 is 0 Å². The number of methoxy groups -OCH3 is 1. The maximum atomic E-state index is 6.54. The summed E-state index contributed by atoms with van der Waals surface area (Å²) in [6.45, 7) is 0. The smallest absolute Gasteiger partial charge is 0.119 e. The molecule has 3 aromatic carbocycles. The van der Waals surface area contributed by atoms with Gasteiger partial charge in [0.2, 0.25) is 0 Å². The molecule has 0 aliphatic carbocycles. The van der Waals surface area contributed by atoms with E-state index in [0.717, 1.165) is 28.3 Å². The summed E-state index contributed by atoms with van der Waals surface area (Å²) in [6, 6.07) is 21.1. The highest BCUT2D eigenvalue weighted by Crippen LogP contribution is 2.41. The average Bonchev–Trinajstić information content (AvgIpc) is 3.15. The van der Waals surface area contributed by atoms with Crippen LogP contribution in [-0.2, 0) is 0 Å². The largest absolute Gasteiger partial charge is 0.497 e. The summed E-state index contributed by atoms with van der Waals surface area (Å²) in [5.41, 5.74) is 3.77. The molecule has 1 atom stereocenters. The van der Waals surface area contributed by atoms with E-state index in [0.29, 0.717) is 21.5 Å². The molecule has 0 saturated carbocycles. The van der Waals surface area contributed by atoms with Crippen molar-refractivity contribution in [3.8, 4) is 5.75 Å². The fraction of sp³-hybridized carbons (Fsp3) is 0.136. The molecule has 142 valence electrons. The van der Waals surface area contributed by atoms with Gasteiger partial charge in [0.15, 0.2) is 0 Å². The number of hydrogen-bond acceptors (Lipinski definition) is 3. The van der Waals surface area contributed by atoms with Gasteiger partial charge in [-0.2, -0.15) is 5.10 Å². The molecule has 1 aliphatic heterocycles. The van der Waals surface area contributed by atoms with Crippen LogP contribution in [0.1, 0.15) is 23.6 Å². The van der Waals surface area contributed by atoms with Gasteiger partial charge in [-0.3, -0.25) is 5.01 Å². The van der Waals surface area contributed by atoms with Crippen LogP contribution in [0.25, 0.3) is 0 Å². The number of hydrazone groups is 1. The van der Waals surface area contributed by atoms with Gasteiger partial charge in [-0.15, -0.1) is 0 Å². The van der Waals surface area contributed by atoms with E-state index in [1.807, 2.05) is 65.7 Å². The zero-order valence-electron chi connectivity index (χ0n) is 15.1. The van der Waals surface area contributed by atoms with Gasteiger partial charge in [0.25, 0.3) is 0 Å². The van der Waals surface area contributed by atoms with Gasteiger partial charge in [0.05, 0.1) is 34.6 Å². The first-order chi connectivity index (χ1) is 13.6. The molecule has 0 N–H and O–H groups in total. The quantitative estimate of drug-likeness (QED) is 0.444. The first-order valence-corrected chi connectivity index (χ1v) is 9.91. The van der Waals surface area contributed by atoms with E-state index in [2.05, 4.69) is 0 Å². The van der Waals surface area contributed by atoms with Crippen molar-refractivity contribution in [1.82, 2.24) is 0 Å². The van der Waals surface area contributed by atoms with Crippen LogP contribution in [0.3, 0.4) is 0 Å². The van der Waals surface area contributed by atoms with E-state index < -0.39 is 0 Å². The fourth-order valence-corrected chi connectivity index (χ4v) is 3.98. The molecule has 0 spiro atoms. The molecule has 3 aromatic rings. The molecule has 1 heterocycles. The first-order valence-electron chi connectivity index (χ1n) is 8.77. The molecule has 0 aromatic heterocycles. The SMILES string of the molecule is COc1cccc(C2=NN(c3cccc(Cl)c3)C(c3cccc(Cl)c3Cl)C2)c1. The number of nitrogens with zero attached hydrogens (tertiary/aromatic N) is 2. The third kappa shape index (κ3) is 3.70. The van der Waals surface area contributed by atoms with Crippen LogP contribution in [0.5, 0.6) is 5.75 Å². The van der Waals surface area contributed by atoms with Crippen LogP contribution in [0.15, 0.2) is 71.8 Å². The highest BCUT2D eigenvalue weighted by molar-refractivity contribution is 6.42. The Morgan fingerprint density at radius 2 is 1.75 bits per heavy atom. The Kier molecular flexibility index (Phi) is 5.49. The molecule has 4 rings (SSSR count). The lowest BCUT2D eigenvalue weighted by Crippen LogP contribution is -2.19. The third-order valence-electron chi connectivity index (χ3n) is 4.73. The molecule has 6 heteroatoms. The zero-order chi connectivity index (χ0) is 19.7. The Morgan fingerprint density at radius 1 is 0.964 bits per heavy atom. The topological polar surface area (TPSA) is 24.8 Å². The summed E-state index contributed by atoms with van der Waals surface area (Å²) < 4.78 is 5.36. The van der Waals surface area contributed by atoms with E-state index in [1.54, 1.807) is 13.2 Å². The second-order valence-corrected chi connectivity index (χ2v) is 7.69. The van der Waals surface area contributed by atoms with Crippen LogP contribution in [0.2, 0.25) is 15.1 Å². The predicted molar refractivity (Wildman–Crippen MR) is 117 cm³/mol. The van der Waals surface area contributed by atoms with Crippen molar-refractivity contribution in [2.45, 2.75) is 12.5 Å². The van der Waals surface area contributed by atoms with Gasteiger partial charge in [-0.1, -0.05) is 65.1 Å². The van der Waals surface area contributed by atoms with Crippen molar-refractivity contribution in [2.24, 2.45) is 5.10 Å². The van der Waals surface area contributed by atoms with Crippen LogP contribution < -0.4 is 9.75 Å². The van der Waals surface area contributed by atoms with Gasteiger partial charge in [-0.05, 0) is 42.0 Å². The Balaban J connectivity index is 1.80. The Morgan fingerprint density at radius 3 is 2.54 bits per heavy atom. The summed E-state index contributed by atoms with van der Waals surface area (Å²) in [4.78, 5) is 0. The lowest BCUT2D eigenvalue weighted by molar-refractivity contribution is 0.414. The number of ether oxygens (including phenoxy) is 1. The summed E-state index contributed by atoms with van der Waals surface area (Å²) in [5, 5.41) is 8.59. The van der Waals surface area contributed by atoms with E-state index in [-0.39, 0.29) is 6.04 Å². The maximum absolute atomic E-state index is 6.54. The second kappa shape index (κ2) is 8.04. The monoisotopic (exact) mass is 430 g/mol. The molecule has 0 bridgehead atoms. The van der Waals surface area contributed by atoms with Gasteiger partial charge in [-0.25, -0.2) is 0 Å². The molecule has 0 fully saturated rings. The first kappa shape index (κ1) is 19.1. The molecule has 1 aliphatic rings. The number of halogens is 3. The van der Waals surface area contributed by atoms with Crippen molar-refractivity contribution >= 4 is 46.2 Å². The molecule has 28 heavy (non-hydrogen) atoms. The molecule has 1 unspecified atom stereocenters. The summed E-state index contributed by atoms with van der Waals surface area (Å²) >= 11 is 19.0. The number of anilines is 1. The summed E-state index contributed by atoms with van der Waals surface area (Å²) in [5.74, 6) is 0.791. The molecular weight excluding hydrogens is 415 g/mol. The normalized spacial score (nSPS) is 16.2. The van der Waals surface area contributed by atoms with Crippen LogP contribution >= 0.6 is 34.8 Å². The summed E-state index contributed by atoms with van der Waals surface area (Å²) in [7, 11) is 1.66. The molecule has 0 amide bonds. The van der Waals surface area contributed by atoms with Crippen LogP contribution in [-0.4, -0.2) is 12.8 Å². The van der Waals surface area contributed by atoms with E-state index in [9.17, 15) is 0 Å². The highest BCUT2D eigenvalue weighted by atomic mass is 35.5. The Hall–Kier alpha value is -2.20. The van der Waals surface area contributed by atoms with Gasteiger partial charge in [0.1, 0.15) is 5.75 Å². The average molecular weight is 432 g/mol. The minimum Gasteiger partial charge on any atom is -0.497 e. The number of benzene rings is 3. The molecule has 0 saturated heterocycles. The molecule has 3 nitrogen and oxygen atoms in total. The maximum Gasteiger partial charge on any atom is 0.119 e. The zero-order valence-corrected chi connectivity index (χ0v) is 17.3. The van der Waals surface area contributed by atoms with E-state index in [4.69, 9.17) is 44.6 Å². The van der Waals surface area contributed by atoms with Gasteiger partial charge >= 0.3 is 0 Å². The second-order valence-electron chi connectivity index (χ2n) is 6.47. The predicted octanol–water partition coefficient (Wildman–Crippen LogP) is 7.01. The lowest BCUT2D eigenvalue weighted by atomic mass is 9.98. The van der Waals surface area contributed by atoms with Crippen molar-refractivity contribution < 1.29 is 4.74 Å². The lowest BCUT2D eigenvalue weighted by Gasteiger charge is -2.25. The fourth-order valence-electron chi connectivity index (χ4n) is 3.36. The Labute approximate surface area is 179 Å². The molecular formula is C22H17Cl3N2O. The number of rotatable bonds is 4. The van der Waals surface area contributed by atoms with Crippen LogP contribution in [0, 0.1) is 0 Å². The van der Waals surface area contributed by atoms with E-state index in [1.165, 1.54) is 0 Å². The Bertz CT molecular complexity index is 1050. The minimum absolute atomic E-state index is 0.0918. The van der Waals surface area contributed by atoms with Gasteiger partial charge < -0.3 is 4.74 Å². The standard InChI is InChI=1S/C22H17Cl3N2O/c1-28-17-8-2-5-14(11-17)20-13-21(18-9-4-10-19(24)22(18)25)27(26-20)16-7-3-6-15(23)12-16/h2-12,21H,13H2,1H3. The van der Waals surface area contributed by atoms with Crippen LogP contribution in [0.4, 0.5) is 5.69 Å². The minimum atomic E-state index is -0.0918. The van der Waals surface area contributed by atoms with Crippen molar-refractivity contribution in [3.05, 3.63) is 92.9 Å². The summed E-state index contributed by atoms with van der Waals surface area (Å²) in [6.07, 6.45) is 0.680. The number of hydrogen-bond donors (Lipinski definition) is 0. The highest BCUT2D eigenvalue weighted by Gasteiger charge is 2.32. The molecule has 0 radical (unpaired) electrons. The van der Waals surface area contributed by atoms with Crippen molar-refractivity contribution in [2.75, 3.05) is 12.1 Å².